The van der Waals surface area contributed by atoms with E-state index in [9.17, 15) is 4.39 Å². The molecule has 0 radical (unpaired) electrons. The minimum absolute atomic E-state index is 0.168. The van der Waals surface area contributed by atoms with Gasteiger partial charge in [-0.15, -0.1) is 11.8 Å². The lowest BCUT2D eigenvalue weighted by molar-refractivity contribution is 0.323. The normalized spacial score (nSPS) is 15.7. The fourth-order valence-electron chi connectivity index (χ4n) is 3.94. The van der Waals surface area contributed by atoms with E-state index in [2.05, 4.69) is 17.0 Å². The number of para-hydroxylation sites is 1. The quantitative estimate of drug-likeness (QED) is 0.464. The molecule has 162 valence electrons. The predicted molar refractivity (Wildman–Crippen MR) is 123 cm³/mol. The maximum Gasteiger partial charge on any atom is 0.203 e. The second-order valence-corrected chi connectivity index (χ2v) is 8.58. The number of benzene rings is 3. The summed E-state index contributed by atoms with van der Waals surface area (Å²) in [5.74, 6) is 1.73. The number of rotatable bonds is 6. The van der Waals surface area contributed by atoms with Gasteiger partial charge in [0.25, 0.3) is 0 Å². The minimum Gasteiger partial charge on any atom is -0.493 e. The van der Waals surface area contributed by atoms with Crippen molar-refractivity contribution in [2.75, 3.05) is 32.8 Å². The van der Waals surface area contributed by atoms with Crippen LogP contribution in [-0.4, -0.2) is 27.9 Å². The van der Waals surface area contributed by atoms with E-state index in [0.717, 1.165) is 24.2 Å². The van der Waals surface area contributed by atoms with Crippen LogP contribution in [0.2, 0.25) is 0 Å². The summed E-state index contributed by atoms with van der Waals surface area (Å²) in [6.07, 6.45) is 0.895. The zero-order valence-electron chi connectivity index (χ0n) is 17.9. The van der Waals surface area contributed by atoms with E-state index < -0.39 is 0 Å². The second-order valence-electron chi connectivity index (χ2n) is 7.33. The summed E-state index contributed by atoms with van der Waals surface area (Å²) in [6.45, 7) is 1.34. The number of ether oxygens (including phenoxy) is 3. The Hall–Kier alpha value is -2.86. The van der Waals surface area contributed by atoms with Crippen molar-refractivity contribution in [3.05, 3.63) is 77.6 Å². The van der Waals surface area contributed by atoms with Crippen LogP contribution in [0.5, 0.6) is 17.2 Å². The second kappa shape index (κ2) is 9.52. The number of fused-ring (bicyclic) bond motifs is 1. The third kappa shape index (κ3) is 4.44. The van der Waals surface area contributed by atoms with Crippen molar-refractivity contribution >= 4 is 17.4 Å². The monoisotopic (exact) mass is 439 g/mol. The van der Waals surface area contributed by atoms with Crippen molar-refractivity contribution in [1.29, 1.82) is 0 Å². The third-order valence-electron chi connectivity index (χ3n) is 5.51. The summed E-state index contributed by atoms with van der Waals surface area (Å²) in [7, 11) is 4.87. The lowest BCUT2D eigenvalue weighted by Gasteiger charge is -2.25. The average Bonchev–Trinajstić information content (AvgIpc) is 2.99. The molecule has 4 nitrogen and oxygen atoms in total. The van der Waals surface area contributed by atoms with E-state index in [1.165, 1.54) is 11.0 Å². The fourth-order valence-corrected chi connectivity index (χ4v) is 5.22. The van der Waals surface area contributed by atoms with Gasteiger partial charge in [0, 0.05) is 28.8 Å². The van der Waals surface area contributed by atoms with Crippen LogP contribution in [0.4, 0.5) is 10.1 Å². The van der Waals surface area contributed by atoms with Gasteiger partial charge >= 0.3 is 0 Å². The first-order valence-electron chi connectivity index (χ1n) is 10.2. The van der Waals surface area contributed by atoms with Gasteiger partial charge in [-0.3, -0.25) is 0 Å². The van der Waals surface area contributed by atoms with Crippen molar-refractivity contribution < 1.29 is 18.6 Å². The molecule has 0 spiro atoms. The SMILES string of the molecule is COc1cc([C@@H]2CCN(Cc3ccccc3F)c3ccccc3S2)cc(OC)c1OC. The van der Waals surface area contributed by atoms with Gasteiger partial charge in [0.05, 0.1) is 27.0 Å². The van der Waals surface area contributed by atoms with E-state index >= 15 is 0 Å². The van der Waals surface area contributed by atoms with E-state index in [-0.39, 0.29) is 11.1 Å². The first-order valence-corrected chi connectivity index (χ1v) is 11.1. The van der Waals surface area contributed by atoms with Gasteiger partial charge in [0.15, 0.2) is 11.5 Å². The Morgan fingerprint density at radius 1 is 0.935 bits per heavy atom. The molecular formula is C25H26FNO3S. The number of nitrogens with zero attached hydrogens (tertiary/aromatic N) is 1. The standard InChI is InChI=1S/C25H26FNO3S/c1-28-21-14-18(15-22(29-2)25(21)30-3)23-12-13-27(16-17-8-4-5-9-19(17)26)20-10-6-7-11-24(20)31-23/h4-11,14-15,23H,12-13,16H2,1-3H3/t23-/m0/s1. The van der Waals surface area contributed by atoms with E-state index in [1.54, 1.807) is 27.4 Å². The van der Waals surface area contributed by atoms with Crippen LogP contribution in [0.3, 0.4) is 0 Å². The molecule has 0 aromatic heterocycles. The molecular weight excluding hydrogens is 413 g/mol. The van der Waals surface area contributed by atoms with Crippen LogP contribution in [0.15, 0.2) is 65.6 Å². The zero-order valence-corrected chi connectivity index (χ0v) is 18.7. The Morgan fingerprint density at radius 2 is 1.61 bits per heavy atom. The van der Waals surface area contributed by atoms with Crippen molar-refractivity contribution in [2.24, 2.45) is 0 Å². The molecule has 0 unspecified atom stereocenters. The summed E-state index contributed by atoms with van der Waals surface area (Å²) in [4.78, 5) is 3.44. The maximum absolute atomic E-state index is 14.3. The Morgan fingerprint density at radius 3 is 2.29 bits per heavy atom. The van der Waals surface area contributed by atoms with Crippen LogP contribution in [0.1, 0.15) is 22.8 Å². The van der Waals surface area contributed by atoms with Gasteiger partial charge < -0.3 is 19.1 Å². The lowest BCUT2D eigenvalue weighted by Crippen LogP contribution is -2.24. The van der Waals surface area contributed by atoms with Gasteiger partial charge in [-0.1, -0.05) is 30.3 Å². The van der Waals surface area contributed by atoms with Crippen molar-refractivity contribution in [3.63, 3.8) is 0 Å². The first-order chi connectivity index (χ1) is 15.1. The van der Waals surface area contributed by atoms with Crippen LogP contribution in [-0.2, 0) is 6.54 Å². The summed E-state index contributed by atoms with van der Waals surface area (Å²) in [6, 6.07) is 19.4. The molecule has 0 bridgehead atoms. The molecule has 1 aliphatic heterocycles. The van der Waals surface area contributed by atoms with Crippen molar-refractivity contribution in [3.8, 4) is 17.2 Å². The lowest BCUT2D eigenvalue weighted by atomic mass is 10.1. The third-order valence-corrected chi connectivity index (χ3v) is 6.91. The highest BCUT2D eigenvalue weighted by Gasteiger charge is 2.26. The summed E-state index contributed by atoms with van der Waals surface area (Å²) >= 11 is 1.81. The van der Waals surface area contributed by atoms with Gasteiger partial charge in [-0.2, -0.15) is 0 Å². The molecule has 31 heavy (non-hydrogen) atoms. The van der Waals surface area contributed by atoms with Gasteiger partial charge in [-0.05, 0) is 42.3 Å². The molecule has 6 heteroatoms. The summed E-state index contributed by atoms with van der Waals surface area (Å²) in [5, 5.41) is 0.195. The molecule has 4 rings (SSSR count). The van der Waals surface area contributed by atoms with E-state index in [4.69, 9.17) is 14.2 Å². The number of thioether (sulfide) groups is 1. The molecule has 3 aromatic rings. The van der Waals surface area contributed by atoms with Gasteiger partial charge in [-0.25, -0.2) is 4.39 Å². The molecule has 3 aromatic carbocycles. The van der Waals surface area contributed by atoms with Crippen LogP contribution in [0, 0.1) is 5.82 Å². The molecule has 0 saturated carbocycles. The number of hydrogen-bond acceptors (Lipinski definition) is 5. The molecule has 1 aliphatic rings. The molecule has 0 amide bonds. The summed E-state index contributed by atoms with van der Waals surface area (Å²) in [5.41, 5.74) is 2.95. The Kier molecular flexibility index (Phi) is 6.56. The van der Waals surface area contributed by atoms with Crippen molar-refractivity contribution in [1.82, 2.24) is 0 Å². The Labute approximate surface area is 186 Å². The number of methoxy groups -OCH3 is 3. The Balaban J connectivity index is 1.68. The van der Waals surface area contributed by atoms with Crippen LogP contribution < -0.4 is 19.1 Å². The maximum atomic E-state index is 14.3. The highest BCUT2D eigenvalue weighted by atomic mass is 32.2. The molecule has 0 saturated heterocycles. The smallest absolute Gasteiger partial charge is 0.203 e. The molecule has 0 N–H and O–H groups in total. The average molecular weight is 440 g/mol. The van der Waals surface area contributed by atoms with Crippen molar-refractivity contribution in [2.45, 2.75) is 23.1 Å². The van der Waals surface area contributed by atoms with Gasteiger partial charge in [0.1, 0.15) is 5.82 Å². The topological polar surface area (TPSA) is 30.9 Å². The molecule has 1 heterocycles. The highest BCUT2D eigenvalue weighted by Crippen LogP contribution is 2.48. The van der Waals surface area contributed by atoms with Crippen LogP contribution >= 0.6 is 11.8 Å². The highest BCUT2D eigenvalue weighted by molar-refractivity contribution is 7.99. The molecule has 0 aliphatic carbocycles. The molecule has 0 fully saturated rings. The number of anilines is 1. The minimum atomic E-state index is -0.168. The number of halogens is 1. The predicted octanol–water partition coefficient (Wildman–Crippen LogP) is 6.10. The first kappa shape index (κ1) is 21.4. The number of hydrogen-bond donors (Lipinski definition) is 0. The molecule has 1 atom stereocenters. The Bertz CT molecular complexity index is 1030. The zero-order chi connectivity index (χ0) is 21.8. The largest absolute Gasteiger partial charge is 0.493 e. The van der Waals surface area contributed by atoms with E-state index in [0.29, 0.717) is 29.4 Å². The summed E-state index contributed by atoms with van der Waals surface area (Å²) < 4.78 is 30.9. The van der Waals surface area contributed by atoms with Crippen LogP contribution in [0.25, 0.3) is 0 Å². The van der Waals surface area contributed by atoms with Gasteiger partial charge in [0.2, 0.25) is 5.75 Å². The van der Waals surface area contributed by atoms with E-state index in [1.807, 2.05) is 48.2 Å². The fraction of sp³-hybridized carbons (Fsp3) is 0.280.